The Morgan fingerprint density at radius 1 is 1.62 bits per heavy atom. The average molecular weight is 178 g/mol. The number of hydrogen-bond donors (Lipinski definition) is 1. The summed E-state index contributed by atoms with van der Waals surface area (Å²) in [5, 5.41) is 9.18. The molecule has 1 N–H and O–H groups in total. The highest BCUT2D eigenvalue weighted by Gasteiger charge is 2.38. The molecule has 0 amide bonds. The Bertz CT molecular complexity index is 278. The minimum absolute atomic E-state index is 0.0582. The second kappa shape index (κ2) is 3.11. The van der Waals surface area contributed by atoms with Gasteiger partial charge in [0.25, 0.3) is 0 Å². The first-order valence-corrected chi connectivity index (χ1v) is 4.76. The Morgan fingerprint density at radius 2 is 2.46 bits per heavy atom. The van der Waals surface area contributed by atoms with Crippen LogP contribution >= 0.6 is 0 Å². The standard InChI is InChI=1S/C11H14O2/c12-8-9-2-1-5-11(9)6-3-10(13)4-7-11/h1-3,6,9,12H,4-5,7-8H2. The lowest BCUT2D eigenvalue weighted by molar-refractivity contribution is -0.115. The molecule has 2 unspecified atom stereocenters. The highest BCUT2D eigenvalue weighted by atomic mass is 16.3. The molecule has 0 aliphatic heterocycles. The van der Waals surface area contributed by atoms with E-state index in [0.29, 0.717) is 6.42 Å². The van der Waals surface area contributed by atoms with E-state index in [9.17, 15) is 9.90 Å². The summed E-state index contributed by atoms with van der Waals surface area (Å²) < 4.78 is 0. The molecule has 2 aliphatic rings. The van der Waals surface area contributed by atoms with Crippen LogP contribution in [0.25, 0.3) is 0 Å². The van der Waals surface area contributed by atoms with E-state index in [-0.39, 0.29) is 23.7 Å². The molecule has 0 heterocycles. The van der Waals surface area contributed by atoms with Gasteiger partial charge >= 0.3 is 0 Å². The van der Waals surface area contributed by atoms with Crippen molar-refractivity contribution in [1.29, 1.82) is 0 Å². The van der Waals surface area contributed by atoms with Gasteiger partial charge < -0.3 is 5.11 Å². The van der Waals surface area contributed by atoms with E-state index in [4.69, 9.17) is 0 Å². The molecule has 0 aromatic rings. The fourth-order valence-electron chi connectivity index (χ4n) is 2.30. The third-order valence-corrected chi connectivity index (χ3v) is 3.24. The number of carbonyl (C=O) groups excluding carboxylic acids is 1. The van der Waals surface area contributed by atoms with Crippen LogP contribution in [0.2, 0.25) is 0 Å². The van der Waals surface area contributed by atoms with Crippen LogP contribution in [0.5, 0.6) is 0 Å². The SMILES string of the molecule is O=C1C=CC2(CC=CC2CO)CC1. The highest BCUT2D eigenvalue weighted by Crippen LogP contribution is 2.45. The van der Waals surface area contributed by atoms with Crippen molar-refractivity contribution in [1.82, 2.24) is 0 Å². The number of hydrogen-bond acceptors (Lipinski definition) is 2. The smallest absolute Gasteiger partial charge is 0.155 e. The van der Waals surface area contributed by atoms with E-state index in [1.165, 1.54) is 0 Å². The first kappa shape index (κ1) is 8.70. The fraction of sp³-hybridized carbons (Fsp3) is 0.545. The number of carbonyl (C=O) groups is 1. The minimum Gasteiger partial charge on any atom is -0.396 e. The van der Waals surface area contributed by atoms with Crippen LogP contribution < -0.4 is 0 Å². The quantitative estimate of drug-likeness (QED) is 0.617. The van der Waals surface area contributed by atoms with Gasteiger partial charge in [0, 0.05) is 17.8 Å². The van der Waals surface area contributed by atoms with Gasteiger partial charge in [0.1, 0.15) is 0 Å². The summed E-state index contributed by atoms with van der Waals surface area (Å²) in [6.07, 6.45) is 10.4. The largest absolute Gasteiger partial charge is 0.396 e. The van der Waals surface area contributed by atoms with Crippen LogP contribution in [0.1, 0.15) is 19.3 Å². The average Bonchev–Trinajstić information content (AvgIpc) is 2.54. The molecule has 0 fully saturated rings. The molecule has 13 heavy (non-hydrogen) atoms. The van der Waals surface area contributed by atoms with E-state index in [2.05, 4.69) is 12.2 Å². The van der Waals surface area contributed by atoms with E-state index in [0.717, 1.165) is 12.8 Å². The Hall–Kier alpha value is -0.890. The maximum absolute atomic E-state index is 11.0. The van der Waals surface area contributed by atoms with Gasteiger partial charge in [0.05, 0.1) is 6.61 Å². The topological polar surface area (TPSA) is 37.3 Å². The zero-order chi connectivity index (χ0) is 9.31. The molecule has 0 saturated heterocycles. The van der Waals surface area contributed by atoms with Crippen LogP contribution in [0.15, 0.2) is 24.3 Å². The van der Waals surface area contributed by atoms with Gasteiger partial charge in [-0.25, -0.2) is 0 Å². The maximum Gasteiger partial charge on any atom is 0.155 e. The molecule has 0 aromatic carbocycles. The van der Waals surface area contributed by atoms with E-state index in [1.54, 1.807) is 6.08 Å². The molecular formula is C11H14O2. The van der Waals surface area contributed by atoms with Gasteiger partial charge in [0.15, 0.2) is 5.78 Å². The first-order chi connectivity index (χ1) is 6.27. The second-order valence-corrected chi connectivity index (χ2v) is 3.95. The molecule has 2 aliphatic carbocycles. The fourth-order valence-corrected chi connectivity index (χ4v) is 2.30. The Morgan fingerprint density at radius 3 is 3.08 bits per heavy atom. The zero-order valence-electron chi connectivity index (χ0n) is 7.57. The molecule has 0 bridgehead atoms. The van der Waals surface area contributed by atoms with Crippen molar-refractivity contribution in [2.75, 3.05) is 6.61 Å². The Balaban J connectivity index is 2.22. The molecule has 2 rings (SSSR count). The lowest BCUT2D eigenvalue weighted by atomic mass is 9.71. The van der Waals surface area contributed by atoms with Gasteiger partial charge in [0.2, 0.25) is 0 Å². The van der Waals surface area contributed by atoms with Crippen molar-refractivity contribution in [3.63, 3.8) is 0 Å². The predicted molar refractivity (Wildman–Crippen MR) is 50.1 cm³/mol. The molecule has 2 heteroatoms. The normalized spacial score (nSPS) is 37.6. The van der Waals surface area contributed by atoms with E-state index in [1.807, 2.05) is 6.08 Å². The van der Waals surface area contributed by atoms with Gasteiger partial charge in [-0.15, -0.1) is 0 Å². The van der Waals surface area contributed by atoms with Crippen molar-refractivity contribution >= 4 is 5.78 Å². The molecule has 0 radical (unpaired) electrons. The lowest BCUT2D eigenvalue weighted by Gasteiger charge is -2.33. The summed E-state index contributed by atoms with van der Waals surface area (Å²) in [4.78, 5) is 11.0. The number of aliphatic hydroxyl groups excluding tert-OH is 1. The van der Waals surface area contributed by atoms with Crippen LogP contribution in [-0.4, -0.2) is 17.5 Å². The second-order valence-electron chi connectivity index (χ2n) is 3.95. The van der Waals surface area contributed by atoms with Crippen molar-refractivity contribution in [2.45, 2.75) is 19.3 Å². The van der Waals surface area contributed by atoms with E-state index < -0.39 is 0 Å². The maximum atomic E-state index is 11.0. The van der Waals surface area contributed by atoms with Crippen LogP contribution in [-0.2, 0) is 4.79 Å². The molecule has 2 nitrogen and oxygen atoms in total. The molecule has 1 spiro atoms. The van der Waals surface area contributed by atoms with Crippen molar-refractivity contribution in [2.24, 2.45) is 11.3 Å². The van der Waals surface area contributed by atoms with Gasteiger partial charge in [-0.1, -0.05) is 18.2 Å². The number of allylic oxidation sites excluding steroid dienone is 3. The summed E-state index contributed by atoms with van der Waals surface area (Å²) in [6.45, 7) is 0.190. The van der Waals surface area contributed by atoms with Gasteiger partial charge in [-0.05, 0) is 18.9 Å². The highest BCUT2D eigenvalue weighted by molar-refractivity contribution is 5.90. The monoisotopic (exact) mass is 178 g/mol. The Kier molecular flexibility index (Phi) is 2.08. The first-order valence-electron chi connectivity index (χ1n) is 4.76. The van der Waals surface area contributed by atoms with Crippen LogP contribution in [0, 0.1) is 11.3 Å². The molecule has 0 aromatic heterocycles. The van der Waals surface area contributed by atoms with Gasteiger partial charge in [-0.3, -0.25) is 4.79 Å². The third-order valence-electron chi connectivity index (χ3n) is 3.24. The summed E-state index contributed by atoms with van der Waals surface area (Å²) in [6, 6.07) is 0. The molecule has 70 valence electrons. The van der Waals surface area contributed by atoms with E-state index >= 15 is 0 Å². The molecule has 2 atom stereocenters. The predicted octanol–water partition coefficient (Wildman–Crippen LogP) is 1.46. The summed E-state index contributed by atoms with van der Waals surface area (Å²) in [5.74, 6) is 0.436. The minimum atomic E-state index is 0.0582. The lowest BCUT2D eigenvalue weighted by Crippen LogP contribution is -2.29. The number of ketones is 1. The zero-order valence-corrected chi connectivity index (χ0v) is 7.57. The number of rotatable bonds is 1. The van der Waals surface area contributed by atoms with Crippen molar-refractivity contribution in [3.05, 3.63) is 24.3 Å². The molecular weight excluding hydrogens is 164 g/mol. The summed E-state index contributed by atoms with van der Waals surface area (Å²) in [7, 11) is 0. The van der Waals surface area contributed by atoms with Crippen molar-refractivity contribution in [3.8, 4) is 0 Å². The van der Waals surface area contributed by atoms with Crippen LogP contribution in [0.3, 0.4) is 0 Å². The van der Waals surface area contributed by atoms with Crippen LogP contribution in [0.4, 0.5) is 0 Å². The van der Waals surface area contributed by atoms with Gasteiger partial charge in [-0.2, -0.15) is 0 Å². The third kappa shape index (κ3) is 1.35. The molecule has 0 saturated carbocycles. The summed E-state index contributed by atoms with van der Waals surface area (Å²) >= 11 is 0. The number of aliphatic hydroxyl groups is 1. The Labute approximate surface area is 78.0 Å². The summed E-state index contributed by atoms with van der Waals surface area (Å²) in [5.41, 5.74) is 0.0582. The van der Waals surface area contributed by atoms with Crippen molar-refractivity contribution < 1.29 is 9.90 Å².